The highest BCUT2D eigenvalue weighted by Gasteiger charge is 2.19. The Balaban J connectivity index is 1.60. The van der Waals surface area contributed by atoms with E-state index in [2.05, 4.69) is 6.92 Å². The molecule has 0 saturated heterocycles. The number of carbonyl (C=O) groups excluding carboxylic acids is 2. The van der Waals surface area contributed by atoms with E-state index in [0.717, 1.165) is 19.3 Å². The Bertz CT molecular complexity index is 785. The van der Waals surface area contributed by atoms with Gasteiger partial charge >= 0.3 is 5.97 Å². The quantitative estimate of drug-likeness (QED) is 0.148. The molecule has 1 atom stereocenters. The number of hydrogen-bond donors (Lipinski definition) is 1. The Labute approximate surface area is 191 Å². The lowest BCUT2D eigenvalue weighted by atomic mass is 10.0. The van der Waals surface area contributed by atoms with Crippen LogP contribution in [0.25, 0.3) is 0 Å². The fraction of sp³-hybridized carbons (Fsp3) is 0.481. The van der Waals surface area contributed by atoms with Crippen molar-refractivity contribution in [2.45, 2.75) is 77.4 Å². The molecule has 0 amide bonds. The second-order valence-electron chi connectivity index (χ2n) is 8.04. The summed E-state index contributed by atoms with van der Waals surface area (Å²) >= 11 is 0. The van der Waals surface area contributed by atoms with Crippen LogP contribution in [0.5, 0.6) is 5.75 Å². The fourth-order valence-electron chi connectivity index (χ4n) is 3.45. The number of rotatable bonds is 16. The summed E-state index contributed by atoms with van der Waals surface area (Å²) in [6, 6.07) is 15.3. The molecule has 2 aromatic carbocycles. The van der Waals surface area contributed by atoms with Crippen LogP contribution >= 0.6 is 0 Å². The molecule has 1 N–H and O–H groups in total. The molecule has 0 fully saturated rings. The first kappa shape index (κ1) is 25.6. The molecule has 2 rings (SSSR count). The second-order valence-corrected chi connectivity index (χ2v) is 8.04. The average molecular weight is 441 g/mol. The summed E-state index contributed by atoms with van der Waals surface area (Å²) in [6.07, 6.45) is 10.3. The van der Waals surface area contributed by atoms with E-state index in [4.69, 9.17) is 9.47 Å². The van der Waals surface area contributed by atoms with Gasteiger partial charge in [0.25, 0.3) is 6.29 Å². The highest BCUT2D eigenvalue weighted by molar-refractivity contribution is 6.08. The summed E-state index contributed by atoms with van der Waals surface area (Å²) in [7, 11) is 0. The lowest BCUT2D eigenvalue weighted by Crippen LogP contribution is -2.29. The van der Waals surface area contributed by atoms with E-state index in [0.29, 0.717) is 11.1 Å². The van der Waals surface area contributed by atoms with E-state index in [1.54, 1.807) is 36.4 Å². The molecule has 0 aliphatic rings. The Morgan fingerprint density at radius 2 is 1.28 bits per heavy atom. The zero-order valence-corrected chi connectivity index (χ0v) is 19.1. The molecule has 0 spiro atoms. The van der Waals surface area contributed by atoms with Crippen molar-refractivity contribution in [1.82, 2.24) is 0 Å². The molecular weight excluding hydrogens is 404 g/mol. The first-order valence-corrected chi connectivity index (χ1v) is 11.8. The highest BCUT2D eigenvalue weighted by Crippen LogP contribution is 2.17. The zero-order valence-electron chi connectivity index (χ0n) is 19.1. The van der Waals surface area contributed by atoms with Gasteiger partial charge in [-0.25, -0.2) is 4.79 Å². The van der Waals surface area contributed by atoms with Crippen LogP contribution in [0.2, 0.25) is 0 Å². The van der Waals surface area contributed by atoms with Gasteiger partial charge in [0.1, 0.15) is 5.75 Å². The molecule has 0 bridgehead atoms. The van der Waals surface area contributed by atoms with Gasteiger partial charge in [-0.05, 0) is 30.7 Å². The number of unbranched alkanes of at least 4 members (excludes halogenated alkanes) is 9. The van der Waals surface area contributed by atoms with Crippen molar-refractivity contribution in [1.29, 1.82) is 0 Å². The number of hydrogen-bond acceptors (Lipinski definition) is 5. The number of esters is 1. The molecular formula is C27H36O5. The maximum absolute atomic E-state index is 12.4. The van der Waals surface area contributed by atoms with Crippen LogP contribution in [0.15, 0.2) is 54.6 Å². The van der Waals surface area contributed by atoms with Crippen molar-refractivity contribution in [3.05, 3.63) is 65.7 Å². The molecule has 0 aromatic heterocycles. The molecule has 0 heterocycles. The van der Waals surface area contributed by atoms with Crippen molar-refractivity contribution >= 4 is 11.8 Å². The van der Waals surface area contributed by atoms with Gasteiger partial charge in [-0.1, -0.05) is 95.0 Å². The van der Waals surface area contributed by atoms with Crippen LogP contribution < -0.4 is 4.74 Å². The van der Waals surface area contributed by atoms with Crippen molar-refractivity contribution in [2.24, 2.45) is 0 Å². The molecule has 174 valence electrons. The van der Waals surface area contributed by atoms with Gasteiger partial charge in [-0.3, -0.25) is 4.79 Å². The van der Waals surface area contributed by atoms with Gasteiger partial charge in [0.15, 0.2) is 5.78 Å². The summed E-state index contributed by atoms with van der Waals surface area (Å²) < 4.78 is 10.3. The Kier molecular flexibility index (Phi) is 12.2. The summed E-state index contributed by atoms with van der Waals surface area (Å²) in [5.74, 6) is -0.614. The largest absolute Gasteiger partial charge is 0.461 e. The van der Waals surface area contributed by atoms with Crippen molar-refractivity contribution in [3.63, 3.8) is 0 Å². The zero-order chi connectivity index (χ0) is 23.0. The van der Waals surface area contributed by atoms with E-state index in [9.17, 15) is 14.7 Å². The highest BCUT2D eigenvalue weighted by atomic mass is 16.6. The molecule has 0 radical (unpaired) electrons. The monoisotopic (exact) mass is 440 g/mol. The maximum atomic E-state index is 12.4. The standard InChI is InChI=1S/C27H36O5/c1-2-3-4-5-6-7-8-9-10-14-21-31-26(29)27(30)32-24-19-17-23(18-20-24)25(28)22-15-12-11-13-16-22/h11-13,15-20,27,30H,2-10,14,21H2,1H3. The SMILES string of the molecule is CCCCCCCCCCCCOC(=O)C(O)Oc1ccc(C(=O)c2ccccc2)cc1. The first-order valence-electron chi connectivity index (χ1n) is 11.8. The predicted molar refractivity (Wildman–Crippen MR) is 126 cm³/mol. The summed E-state index contributed by atoms with van der Waals surface area (Å²) in [5.41, 5.74) is 1.10. The molecule has 5 heteroatoms. The van der Waals surface area contributed by atoms with Crippen molar-refractivity contribution in [2.75, 3.05) is 6.61 Å². The number of aliphatic hydroxyl groups excluding tert-OH is 1. The Morgan fingerprint density at radius 1 is 0.750 bits per heavy atom. The number of carbonyl (C=O) groups is 2. The number of ether oxygens (including phenoxy) is 2. The van der Waals surface area contributed by atoms with Crippen LogP contribution in [0, 0.1) is 0 Å². The van der Waals surface area contributed by atoms with E-state index in [1.807, 2.05) is 18.2 Å². The molecule has 1 unspecified atom stereocenters. The normalized spacial score (nSPS) is 11.7. The first-order chi connectivity index (χ1) is 15.6. The Hall–Kier alpha value is -2.66. The molecule has 0 aliphatic carbocycles. The van der Waals surface area contributed by atoms with Crippen LogP contribution in [-0.2, 0) is 9.53 Å². The van der Waals surface area contributed by atoms with Crippen molar-refractivity contribution < 1.29 is 24.2 Å². The van der Waals surface area contributed by atoms with Gasteiger partial charge in [0.2, 0.25) is 0 Å². The van der Waals surface area contributed by atoms with Crippen LogP contribution in [0.3, 0.4) is 0 Å². The fourth-order valence-corrected chi connectivity index (χ4v) is 3.45. The van der Waals surface area contributed by atoms with Gasteiger partial charge in [0, 0.05) is 11.1 Å². The van der Waals surface area contributed by atoms with E-state index >= 15 is 0 Å². The minimum atomic E-state index is -1.69. The van der Waals surface area contributed by atoms with Crippen LogP contribution in [0.1, 0.15) is 87.1 Å². The molecule has 32 heavy (non-hydrogen) atoms. The van der Waals surface area contributed by atoms with E-state index < -0.39 is 12.3 Å². The Morgan fingerprint density at radius 3 is 1.88 bits per heavy atom. The molecule has 0 saturated carbocycles. The minimum absolute atomic E-state index is 0.103. The van der Waals surface area contributed by atoms with Gasteiger partial charge in [-0.2, -0.15) is 0 Å². The predicted octanol–water partition coefficient (Wildman–Crippen LogP) is 6.08. The van der Waals surface area contributed by atoms with Gasteiger partial charge in [-0.15, -0.1) is 0 Å². The van der Waals surface area contributed by atoms with Gasteiger partial charge < -0.3 is 14.6 Å². The van der Waals surface area contributed by atoms with Crippen LogP contribution in [-0.4, -0.2) is 29.8 Å². The number of benzene rings is 2. The van der Waals surface area contributed by atoms with E-state index in [1.165, 1.54) is 44.9 Å². The third kappa shape index (κ3) is 9.65. The van der Waals surface area contributed by atoms with Crippen molar-refractivity contribution in [3.8, 4) is 5.75 Å². The third-order valence-corrected chi connectivity index (χ3v) is 5.34. The maximum Gasteiger partial charge on any atom is 0.376 e. The average Bonchev–Trinajstić information content (AvgIpc) is 2.83. The molecule has 2 aromatic rings. The minimum Gasteiger partial charge on any atom is -0.461 e. The number of aliphatic hydroxyl groups is 1. The summed E-state index contributed by atoms with van der Waals surface area (Å²) in [4.78, 5) is 24.3. The van der Waals surface area contributed by atoms with Crippen LogP contribution in [0.4, 0.5) is 0 Å². The number of ketones is 1. The molecule has 5 nitrogen and oxygen atoms in total. The smallest absolute Gasteiger partial charge is 0.376 e. The topological polar surface area (TPSA) is 72.8 Å². The summed E-state index contributed by atoms with van der Waals surface area (Å²) in [5, 5.41) is 9.93. The lowest BCUT2D eigenvalue weighted by Gasteiger charge is -2.13. The second kappa shape index (κ2) is 15.2. The molecule has 0 aliphatic heterocycles. The lowest BCUT2D eigenvalue weighted by molar-refractivity contribution is -0.169. The van der Waals surface area contributed by atoms with Gasteiger partial charge in [0.05, 0.1) is 6.61 Å². The summed E-state index contributed by atoms with van der Waals surface area (Å²) in [6.45, 7) is 2.51. The third-order valence-electron chi connectivity index (χ3n) is 5.34. The van der Waals surface area contributed by atoms with E-state index in [-0.39, 0.29) is 18.1 Å².